The number of Topliss-reactive ketones (excluding diaryl/α,β-unsaturated/α-hetero) is 1. The van der Waals surface area contributed by atoms with E-state index in [1.807, 2.05) is 19.1 Å². The van der Waals surface area contributed by atoms with Gasteiger partial charge >= 0.3 is 0 Å². The second-order valence-corrected chi connectivity index (χ2v) is 5.55. The standard InChI is InChI=1S/C16H23NO/c1-12(17)5-2-10-16(18)15-9-4-8-14(11-15)13-6-3-7-13/h4,8-9,11-13H,2-3,5-7,10,17H2,1H3. The molecule has 18 heavy (non-hydrogen) atoms. The third-order valence-corrected chi connectivity index (χ3v) is 3.85. The van der Waals surface area contributed by atoms with Gasteiger partial charge in [-0.2, -0.15) is 0 Å². The number of rotatable bonds is 6. The molecule has 2 heteroatoms. The van der Waals surface area contributed by atoms with Gasteiger partial charge in [-0.25, -0.2) is 0 Å². The fourth-order valence-corrected chi connectivity index (χ4v) is 2.44. The molecular weight excluding hydrogens is 222 g/mol. The normalized spacial score (nSPS) is 17.2. The Balaban J connectivity index is 1.92. The quantitative estimate of drug-likeness (QED) is 0.777. The second kappa shape index (κ2) is 6.14. The molecule has 1 unspecified atom stereocenters. The van der Waals surface area contributed by atoms with E-state index in [0.717, 1.165) is 18.4 Å². The van der Waals surface area contributed by atoms with E-state index in [4.69, 9.17) is 5.73 Å². The highest BCUT2D eigenvalue weighted by Gasteiger charge is 2.20. The van der Waals surface area contributed by atoms with Crippen LogP contribution in [0.3, 0.4) is 0 Å². The number of hydrogen-bond donors (Lipinski definition) is 1. The summed E-state index contributed by atoms with van der Waals surface area (Å²) in [5.74, 6) is 0.957. The maximum Gasteiger partial charge on any atom is 0.162 e. The van der Waals surface area contributed by atoms with Gasteiger partial charge in [0.15, 0.2) is 5.78 Å². The average molecular weight is 245 g/mol. The van der Waals surface area contributed by atoms with Crippen LogP contribution in [0.1, 0.15) is 67.3 Å². The van der Waals surface area contributed by atoms with Gasteiger partial charge in [-0.15, -0.1) is 0 Å². The van der Waals surface area contributed by atoms with E-state index < -0.39 is 0 Å². The largest absolute Gasteiger partial charge is 0.328 e. The lowest BCUT2D eigenvalue weighted by Gasteiger charge is -2.26. The van der Waals surface area contributed by atoms with Crippen molar-refractivity contribution in [2.45, 2.75) is 57.4 Å². The van der Waals surface area contributed by atoms with Crippen LogP contribution in [0.25, 0.3) is 0 Å². The summed E-state index contributed by atoms with van der Waals surface area (Å²) < 4.78 is 0. The summed E-state index contributed by atoms with van der Waals surface area (Å²) in [5, 5.41) is 0. The Bertz CT molecular complexity index is 407. The van der Waals surface area contributed by atoms with Gasteiger partial charge in [-0.1, -0.05) is 24.6 Å². The van der Waals surface area contributed by atoms with Gasteiger partial charge in [-0.3, -0.25) is 4.79 Å². The number of nitrogens with two attached hydrogens (primary N) is 1. The summed E-state index contributed by atoms with van der Waals surface area (Å²) >= 11 is 0. The van der Waals surface area contributed by atoms with E-state index >= 15 is 0 Å². The maximum atomic E-state index is 12.1. The van der Waals surface area contributed by atoms with E-state index in [-0.39, 0.29) is 11.8 Å². The summed E-state index contributed by atoms with van der Waals surface area (Å²) in [6.45, 7) is 1.99. The Hall–Kier alpha value is -1.15. The molecule has 0 amide bonds. The number of carbonyl (C=O) groups is 1. The highest BCUT2D eigenvalue weighted by atomic mass is 16.1. The molecule has 1 atom stereocenters. The van der Waals surface area contributed by atoms with Gasteiger partial charge in [0.1, 0.15) is 0 Å². The van der Waals surface area contributed by atoms with Crippen molar-refractivity contribution in [2.75, 3.05) is 0 Å². The van der Waals surface area contributed by atoms with Crippen molar-refractivity contribution in [3.63, 3.8) is 0 Å². The highest BCUT2D eigenvalue weighted by molar-refractivity contribution is 5.96. The van der Waals surface area contributed by atoms with Crippen LogP contribution in [0.15, 0.2) is 24.3 Å². The molecule has 1 fully saturated rings. The predicted molar refractivity (Wildman–Crippen MR) is 74.9 cm³/mol. The molecule has 0 bridgehead atoms. The zero-order valence-electron chi connectivity index (χ0n) is 11.2. The van der Waals surface area contributed by atoms with Crippen molar-refractivity contribution in [3.8, 4) is 0 Å². The Kier molecular flexibility index (Phi) is 4.54. The highest BCUT2D eigenvalue weighted by Crippen LogP contribution is 2.36. The lowest BCUT2D eigenvalue weighted by molar-refractivity contribution is 0.0979. The first-order chi connectivity index (χ1) is 8.66. The summed E-state index contributed by atoms with van der Waals surface area (Å²) in [6, 6.07) is 8.41. The van der Waals surface area contributed by atoms with Gasteiger partial charge in [0, 0.05) is 18.0 Å². The molecule has 1 aromatic carbocycles. The minimum absolute atomic E-state index is 0.194. The molecule has 0 aromatic heterocycles. The molecule has 2 rings (SSSR count). The number of benzene rings is 1. The first-order valence-electron chi connectivity index (χ1n) is 7.05. The molecule has 2 N–H and O–H groups in total. The Morgan fingerprint density at radius 3 is 2.83 bits per heavy atom. The van der Waals surface area contributed by atoms with Crippen LogP contribution < -0.4 is 5.73 Å². The first-order valence-corrected chi connectivity index (χ1v) is 7.05. The molecular formula is C16H23NO. The lowest BCUT2D eigenvalue weighted by Crippen LogP contribution is -2.15. The minimum Gasteiger partial charge on any atom is -0.328 e. The minimum atomic E-state index is 0.194. The molecule has 0 radical (unpaired) electrons. The van der Waals surface area contributed by atoms with Crippen molar-refractivity contribution in [2.24, 2.45) is 5.73 Å². The molecule has 1 aromatic rings. The first kappa shape index (κ1) is 13.3. The fourth-order valence-electron chi connectivity index (χ4n) is 2.44. The van der Waals surface area contributed by atoms with Crippen molar-refractivity contribution in [1.82, 2.24) is 0 Å². The lowest BCUT2D eigenvalue weighted by atomic mass is 9.79. The molecule has 1 aliphatic rings. The van der Waals surface area contributed by atoms with E-state index in [2.05, 4.69) is 12.1 Å². The predicted octanol–water partition coefficient (Wildman–Crippen LogP) is 3.65. The zero-order valence-corrected chi connectivity index (χ0v) is 11.2. The Morgan fingerprint density at radius 2 is 2.22 bits per heavy atom. The van der Waals surface area contributed by atoms with Gasteiger partial charge in [0.25, 0.3) is 0 Å². The summed E-state index contributed by atoms with van der Waals surface area (Å²) in [4.78, 5) is 12.1. The molecule has 0 spiro atoms. The van der Waals surface area contributed by atoms with Crippen molar-refractivity contribution < 1.29 is 4.79 Å². The SMILES string of the molecule is CC(N)CCCC(=O)c1cccc(C2CCC2)c1. The van der Waals surface area contributed by atoms with Gasteiger partial charge in [0.2, 0.25) is 0 Å². The summed E-state index contributed by atoms with van der Waals surface area (Å²) in [5.41, 5.74) is 7.92. The molecule has 0 saturated heterocycles. The second-order valence-electron chi connectivity index (χ2n) is 5.55. The monoisotopic (exact) mass is 245 g/mol. The molecule has 1 saturated carbocycles. The van der Waals surface area contributed by atoms with Crippen molar-refractivity contribution in [1.29, 1.82) is 0 Å². The van der Waals surface area contributed by atoms with Crippen LogP contribution in [-0.2, 0) is 0 Å². The third kappa shape index (κ3) is 3.42. The van der Waals surface area contributed by atoms with E-state index in [9.17, 15) is 4.79 Å². The van der Waals surface area contributed by atoms with Crippen molar-refractivity contribution >= 4 is 5.78 Å². The van der Waals surface area contributed by atoms with Crippen LogP contribution in [0.4, 0.5) is 0 Å². The maximum absolute atomic E-state index is 12.1. The number of ketones is 1. The smallest absolute Gasteiger partial charge is 0.162 e. The van der Waals surface area contributed by atoms with Crippen LogP contribution in [-0.4, -0.2) is 11.8 Å². The summed E-state index contributed by atoms with van der Waals surface area (Å²) in [6.07, 6.45) is 6.33. The van der Waals surface area contributed by atoms with Crippen LogP contribution in [0.5, 0.6) is 0 Å². The average Bonchev–Trinajstić information content (AvgIpc) is 2.26. The molecule has 2 nitrogen and oxygen atoms in total. The van der Waals surface area contributed by atoms with E-state index in [1.54, 1.807) is 0 Å². The van der Waals surface area contributed by atoms with Gasteiger partial charge in [0.05, 0.1) is 0 Å². The van der Waals surface area contributed by atoms with Crippen LogP contribution >= 0.6 is 0 Å². The Morgan fingerprint density at radius 1 is 1.44 bits per heavy atom. The van der Waals surface area contributed by atoms with Crippen molar-refractivity contribution in [3.05, 3.63) is 35.4 Å². The van der Waals surface area contributed by atoms with Crippen LogP contribution in [0, 0.1) is 0 Å². The topological polar surface area (TPSA) is 43.1 Å². The zero-order chi connectivity index (χ0) is 13.0. The molecule has 98 valence electrons. The van der Waals surface area contributed by atoms with E-state index in [1.165, 1.54) is 24.8 Å². The molecule has 0 heterocycles. The van der Waals surface area contributed by atoms with Gasteiger partial charge in [-0.05, 0) is 50.2 Å². The summed E-state index contributed by atoms with van der Waals surface area (Å²) in [7, 11) is 0. The molecule has 1 aliphatic carbocycles. The van der Waals surface area contributed by atoms with Crippen LogP contribution in [0.2, 0.25) is 0 Å². The number of hydrogen-bond acceptors (Lipinski definition) is 2. The van der Waals surface area contributed by atoms with E-state index in [0.29, 0.717) is 12.3 Å². The third-order valence-electron chi connectivity index (χ3n) is 3.85. The molecule has 0 aliphatic heterocycles. The van der Waals surface area contributed by atoms with Gasteiger partial charge < -0.3 is 5.73 Å². The number of carbonyl (C=O) groups excluding carboxylic acids is 1. The fraction of sp³-hybridized carbons (Fsp3) is 0.562. The Labute approximate surface area is 110 Å².